The lowest BCUT2D eigenvalue weighted by Gasteiger charge is -2.21. The van der Waals surface area contributed by atoms with E-state index in [0.29, 0.717) is 5.92 Å². The summed E-state index contributed by atoms with van der Waals surface area (Å²) < 4.78 is 0. The fraction of sp³-hybridized carbons (Fsp3) is 0.212. The normalized spacial score (nSPS) is 12.2. The number of rotatable bonds is 13. The van der Waals surface area contributed by atoms with Gasteiger partial charge in [-0.3, -0.25) is 9.59 Å². The lowest BCUT2D eigenvalue weighted by molar-refractivity contribution is -0.132. The summed E-state index contributed by atoms with van der Waals surface area (Å²) in [6.45, 7) is 4.36. The standard InChI is InChI=1S/C33H32O6/c1-3-22(2)25-12-14-28(15-13-25)33(26-8-4-23(5-9-26)20-29(34)16-18-31(36)37)27-10-6-24(7-11-27)21-30(35)17-19-32(38)39/h4-19,22,33H,3,20-21H2,1-2H3,(H,36,37)(H,38,39)/b18-16+,19-17+. The second-order valence-electron chi connectivity index (χ2n) is 9.52. The summed E-state index contributed by atoms with van der Waals surface area (Å²) in [5, 5.41) is 17.5. The van der Waals surface area contributed by atoms with Crippen molar-refractivity contribution in [3.63, 3.8) is 0 Å². The van der Waals surface area contributed by atoms with Crippen LogP contribution in [0.25, 0.3) is 0 Å². The number of carboxylic acid groups (broad SMARTS) is 2. The second kappa shape index (κ2) is 13.8. The van der Waals surface area contributed by atoms with Gasteiger partial charge in [-0.2, -0.15) is 0 Å². The Morgan fingerprint density at radius 2 is 0.923 bits per heavy atom. The molecule has 2 N–H and O–H groups in total. The monoisotopic (exact) mass is 524 g/mol. The number of hydrogen-bond donors (Lipinski definition) is 2. The van der Waals surface area contributed by atoms with E-state index in [4.69, 9.17) is 10.2 Å². The molecule has 0 aliphatic heterocycles. The minimum absolute atomic E-state index is 0.0932. The molecule has 0 heterocycles. The van der Waals surface area contributed by atoms with Gasteiger partial charge in [0.05, 0.1) is 0 Å². The van der Waals surface area contributed by atoms with E-state index in [1.54, 1.807) is 0 Å². The third kappa shape index (κ3) is 8.75. The third-order valence-electron chi connectivity index (χ3n) is 6.66. The van der Waals surface area contributed by atoms with Gasteiger partial charge >= 0.3 is 11.9 Å². The molecule has 0 aromatic heterocycles. The highest BCUT2D eigenvalue weighted by Gasteiger charge is 2.18. The molecule has 3 aromatic rings. The molecule has 0 bridgehead atoms. The van der Waals surface area contributed by atoms with E-state index in [-0.39, 0.29) is 30.3 Å². The Hall–Kier alpha value is -4.58. The van der Waals surface area contributed by atoms with Crippen LogP contribution in [0.1, 0.15) is 65.5 Å². The molecule has 0 radical (unpaired) electrons. The van der Waals surface area contributed by atoms with Crippen LogP contribution >= 0.6 is 0 Å². The molecule has 6 heteroatoms. The molecule has 6 nitrogen and oxygen atoms in total. The van der Waals surface area contributed by atoms with Gasteiger partial charge in [-0.25, -0.2) is 9.59 Å². The van der Waals surface area contributed by atoms with Gasteiger partial charge in [0, 0.05) is 30.9 Å². The molecular weight excluding hydrogens is 492 g/mol. The van der Waals surface area contributed by atoms with E-state index < -0.39 is 11.9 Å². The maximum atomic E-state index is 12.1. The Labute approximate surface area is 228 Å². The maximum Gasteiger partial charge on any atom is 0.328 e. The van der Waals surface area contributed by atoms with Crippen LogP contribution < -0.4 is 0 Å². The zero-order valence-electron chi connectivity index (χ0n) is 22.0. The quantitative estimate of drug-likeness (QED) is 0.213. The summed E-state index contributed by atoms with van der Waals surface area (Å²) in [7, 11) is 0. The Kier molecular flexibility index (Phi) is 10.3. The molecule has 0 aliphatic carbocycles. The van der Waals surface area contributed by atoms with E-state index in [0.717, 1.165) is 58.5 Å². The smallest absolute Gasteiger partial charge is 0.328 e. The molecule has 0 spiro atoms. The van der Waals surface area contributed by atoms with Gasteiger partial charge in [-0.1, -0.05) is 86.6 Å². The number of allylic oxidation sites excluding steroid dienone is 2. The first-order valence-electron chi connectivity index (χ1n) is 12.8. The summed E-state index contributed by atoms with van der Waals surface area (Å²) in [6.07, 6.45) is 5.09. The van der Waals surface area contributed by atoms with Crippen molar-refractivity contribution < 1.29 is 29.4 Å². The number of carbonyl (C=O) groups excluding carboxylic acids is 2. The average Bonchev–Trinajstić information content (AvgIpc) is 2.92. The van der Waals surface area contributed by atoms with Gasteiger partial charge in [0.25, 0.3) is 0 Å². The van der Waals surface area contributed by atoms with Crippen LogP contribution in [-0.4, -0.2) is 33.7 Å². The number of carboxylic acids is 2. The fourth-order valence-electron chi connectivity index (χ4n) is 4.33. The van der Waals surface area contributed by atoms with Crippen molar-refractivity contribution in [2.75, 3.05) is 0 Å². The Balaban J connectivity index is 1.90. The molecule has 3 rings (SSSR count). The Morgan fingerprint density at radius 1 is 0.590 bits per heavy atom. The van der Waals surface area contributed by atoms with Gasteiger partial charge in [0.15, 0.2) is 11.6 Å². The highest BCUT2D eigenvalue weighted by molar-refractivity contribution is 5.97. The van der Waals surface area contributed by atoms with Crippen molar-refractivity contribution in [1.82, 2.24) is 0 Å². The Bertz CT molecular complexity index is 1280. The molecule has 0 aliphatic rings. The molecule has 0 saturated heterocycles. The van der Waals surface area contributed by atoms with Crippen LogP contribution in [0.3, 0.4) is 0 Å². The van der Waals surface area contributed by atoms with Crippen molar-refractivity contribution in [1.29, 1.82) is 0 Å². The van der Waals surface area contributed by atoms with Gasteiger partial charge in [-0.15, -0.1) is 0 Å². The molecule has 0 saturated carbocycles. The number of hydrogen-bond acceptors (Lipinski definition) is 4. The first-order chi connectivity index (χ1) is 18.7. The van der Waals surface area contributed by atoms with Crippen LogP contribution in [-0.2, 0) is 32.0 Å². The Morgan fingerprint density at radius 3 is 1.26 bits per heavy atom. The van der Waals surface area contributed by atoms with Crippen molar-refractivity contribution in [3.05, 3.63) is 130 Å². The van der Waals surface area contributed by atoms with Crippen LogP contribution in [0.4, 0.5) is 0 Å². The zero-order valence-corrected chi connectivity index (χ0v) is 22.0. The van der Waals surface area contributed by atoms with Crippen molar-refractivity contribution >= 4 is 23.5 Å². The fourth-order valence-corrected chi connectivity index (χ4v) is 4.33. The topological polar surface area (TPSA) is 109 Å². The third-order valence-corrected chi connectivity index (χ3v) is 6.66. The minimum Gasteiger partial charge on any atom is -0.478 e. The van der Waals surface area contributed by atoms with Gasteiger partial charge in [0.1, 0.15) is 0 Å². The molecular formula is C33H32O6. The van der Waals surface area contributed by atoms with E-state index in [9.17, 15) is 19.2 Å². The lowest BCUT2D eigenvalue weighted by atomic mass is 9.83. The van der Waals surface area contributed by atoms with Crippen molar-refractivity contribution in [2.24, 2.45) is 0 Å². The van der Waals surface area contributed by atoms with E-state index >= 15 is 0 Å². The van der Waals surface area contributed by atoms with E-state index in [1.807, 2.05) is 48.5 Å². The summed E-state index contributed by atoms with van der Waals surface area (Å²) >= 11 is 0. The molecule has 200 valence electrons. The lowest BCUT2D eigenvalue weighted by Crippen LogP contribution is -2.06. The summed E-state index contributed by atoms with van der Waals surface area (Å²) in [5.41, 5.74) is 5.99. The molecule has 0 fully saturated rings. The molecule has 0 amide bonds. The zero-order chi connectivity index (χ0) is 28.4. The number of aliphatic carboxylic acids is 2. The van der Waals surface area contributed by atoms with Gasteiger partial charge in [-0.05, 0) is 57.9 Å². The second-order valence-corrected chi connectivity index (χ2v) is 9.52. The van der Waals surface area contributed by atoms with Gasteiger partial charge < -0.3 is 10.2 Å². The molecule has 1 unspecified atom stereocenters. The SMILES string of the molecule is CCC(C)c1ccc(C(c2ccc(CC(=O)/C=C/C(=O)O)cc2)c2ccc(CC(=O)/C=C/C(=O)O)cc2)cc1. The predicted octanol–water partition coefficient (Wildman–Crippen LogP) is 5.89. The maximum absolute atomic E-state index is 12.1. The van der Waals surface area contributed by atoms with E-state index in [2.05, 4.69) is 38.1 Å². The number of carbonyl (C=O) groups is 4. The minimum atomic E-state index is -1.16. The van der Waals surface area contributed by atoms with Crippen LogP contribution in [0, 0.1) is 0 Å². The van der Waals surface area contributed by atoms with Crippen LogP contribution in [0.5, 0.6) is 0 Å². The van der Waals surface area contributed by atoms with Crippen LogP contribution in [0.2, 0.25) is 0 Å². The van der Waals surface area contributed by atoms with Crippen molar-refractivity contribution in [2.45, 2.75) is 44.9 Å². The highest BCUT2D eigenvalue weighted by Crippen LogP contribution is 2.33. The molecule has 39 heavy (non-hydrogen) atoms. The highest BCUT2D eigenvalue weighted by atomic mass is 16.4. The molecule has 3 aromatic carbocycles. The average molecular weight is 525 g/mol. The largest absolute Gasteiger partial charge is 0.478 e. The summed E-state index contributed by atoms with van der Waals surface area (Å²) in [4.78, 5) is 45.5. The summed E-state index contributed by atoms with van der Waals surface area (Å²) in [5.74, 6) is -2.53. The molecule has 1 atom stereocenters. The number of benzene rings is 3. The van der Waals surface area contributed by atoms with E-state index in [1.165, 1.54) is 5.56 Å². The first-order valence-corrected chi connectivity index (χ1v) is 12.8. The predicted molar refractivity (Wildman–Crippen MR) is 150 cm³/mol. The number of ketones is 2. The van der Waals surface area contributed by atoms with Crippen molar-refractivity contribution in [3.8, 4) is 0 Å². The first kappa shape index (κ1) is 29.0. The van der Waals surface area contributed by atoms with Crippen LogP contribution in [0.15, 0.2) is 97.1 Å². The van der Waals surface area contributed by atoms with Gasteiger partial charge in [0.2, 0.25) is 0 Å². The summed E-state index contributed by atoms with van der Waals surface area (Å²) in [6, 6.07) is 24.0.